The van der Waals surface area contributed by atoms with Crippen LogP contribution in [0.5, 0.6) is 17.2 Å². The van der Waals surface area contributed by atoms with Gasteiger partial charge >= 0.3 is 0 Å². The van der Waals surface area contributed by atoms with Gasteiger partial charge in [0.1, 0.15) is 49.5 Å². The summed E-state index contributed by atoms with van der Waals surface area (Å²) in [5, 5.41) is 29.3. The van der Waals surface area contributed by atoms with Crippen LogP contribution in [0.1, 0.15) is 157 Å². The highest BCUT2D eigenvalue weighted by Gasteiger charge is 2.49. The van der Waals surface area contributed by atoms with E-state index < -0.39 is 40.6 Å². The van der Waals surface area contributed by atoms with Gasteiger partial charge in [-0.3, -0.25) is 19.2 Å². The maximum atomic E-state index is 13.6. The minimum absolute atomic E-state index is 0.00924. The molecule has 0 saturated heterocycles. The summed E-state index contributed by atoms with van der Waals surface area (Å²) in [5.74, 6) is 1.74. The van der Waals surface area contributed by atoms with Crippen LogP contribution in [-0.2, 0) is 6.42 Å². The maximum Gasteiger partial charge on any atom is 0.250 e. The molecule has 0 aromatic heterocycles. The summed E-state index contributed by atoms with van der Waals surface area (Å²) in [6, 6.07) is 68.3. The Bertz CT molecular complexity index is 5580. The van der Waals surface area contributed by atoms with Crippen molar-refractivity contribution in [3.63, 3.8) is 0 Å². The van der Waals surface area contributed by atoms with Crippen molar-refractivity contribution in [2.45, 2.75) is 156 Å². The number of ketones is 4. The zero-order valence-corrected chi connectivity index (χ0v) is 88.4. The molecule has 0 atom stereocenters. The number of hydrogen-bond acceptors (Lipinski definition) is 13. The average Bonchev–Trinajstić information content (AvgIpc) is 0.740. The zero-order chi connectivity index (χ0) is 96.5. The van der Waals surface area contributed by atoms with Crippen molar-refractivity contribution in [1.29, 1.82) is 0 Å². The second-order valence-corrected chi connectivity index (χ2v) is 61.3. The SMILES string of the molecule is C=CCN(CC=C)c1ccc(Cc2ccc(N(CC=C)CC=C)cc2Br)c(Br)c1.C=CCN(CC=C)c1ccc2c(c1)[Si](CC)(CC)c1cc(N(CC=C)CC=C)ccc1C2=O.CC[Si]1(CC)c2cc(C)ccc2C(=O)c2ccc(O[Si](C)(C)C(C)(C)C)cc21.CC[Si]1(CC)c2cc(N)ccc2C(=O)c2ccc(N)cc21.CC[Si]1(CC)c2cc(O)ccc2C(=O)c2ccc(O)cc21. The molecular weight excluding hydrogens is 1840 g/mol. The van der Waals surface area contributed by atoms with Gasteiger partial charge in [0.05, 0.1) is 0 Å². The monoisotopic (exact) mass is 1970 g/mol. The molecule has 10 aromatic rings. The number of nitrogens with two attached hydrogens (primary N) is 2. The predicted octanol–water partition coefficient (Wildman–Crippen LogP) is 22.1. The molecule has 4 aliphatic rings. The lowest BCUT2D eigenvalue weighted by atomic mass is 10.0. The second kappa shape index (κ2) is 44.7. The fourth-order valence-corrected chi connectivity index (χ4v) is 40.1. The molecule has 0 amide bonds. The summed E-state index contributed by atoms with van der Waals surface area (Å²) in [7, 11) is -10.1. The van der Waals surface area contributed by atoms with Crippen molar-refractivity contribution in [2.75, 3.05) is 83.4 Å². The Kier molecular flexibility index (Phi) is 34.9. The van der Waals surface area contributed by atoms with E-state index in [9.17, 15) is 29.4 Å². The molecule has 0 aliphatic carbocycles. The van der Waals surface area contributed by atoms with Gasteiger partial charge in [0, 0.05) is 140 Å². The number of phenols is 2. The molecule has 4 heterocycles. The first-order valence-corrected chi connectivity index (χ1v) is 60.6. The Balaban J connectivity index is 0.000000173. The zero-order valence-electron chi connectivity index (χ0n) is 80.3. The van der Waals surface area contributed by atoms with Crippen LogP contribution in [-0.4, -0.2) is 126 Å². The molecule has 0 unspecified atom stereocenters. The van der Waals surface area contributed by atoms with Crippen LogP contribution in [0.2, 0.25) is 66.5 Å². The Hall–Kier alpha value is -11.0. The number of benzene rings is 10. The minimum atomic E-state index is -2.14. The number of rotatable bonds is 32. The summed E-state index contributed by atoms with van der Waals surface area (Å²) >= 11 is 7.51. The Morgan fingerprint density at radius 2 is 0.583 bits per heavy atom. The lowest BCUT2D eigenvalue weighted by Crippen LogP contribution is -2.63. The van der Waals surface area contributed by atoms with Crippen LogP contribution < -0.4 is 77.0 Å². The van der Waals surface area contributed by atoms with Crippen LogP contribution in [0.15, 0.2) is 292 Å². The smallest absolute Gasteiger partial charge is 0.250 e. The highest BCUT2D eigenvalue weighted by atomic mass is 79.9. The van der Waals surface area contributed by atoms with Gasteiger partial charge in [-0.15, -0.1) is 52.6 Å². The number of aromatic hydroxyl groups is 2. The average molecular weight is 1980 g/mol. The van der Waals surface area contributed by atoms with Crippen LogP contribution in [0.4, 0.5) is 34.1 Å². The molecule has 4 aliphatic heterocycles. The lowest BCUT2D eigenvalue weighted by Gasteiger charge is -2.39. The molecule has 10 aromatic carbocycles. The third-order valence-corrected chi connectivity index (χ3v) is 55.1. The molecule has 690 valence electrons. The standard InChI is InChI=1S/C29H36N2OSi.C25H28Br2N2.C24H34O2Si2.C17H20N2OSi.C17H18O3Si/c1-7-17-30(18-8-2)23-13-15-25-27(21-23)33(11-5,12-6)28-22-24(14-16-26(28)29(25)32)31(19-9-3)20-10-4;1-5-13-28(14-6-2)22-11-9-20(24(26)18-22)17-21-10-12-23(19-25(21)27)29(15-7-3)16-8-4;1-9-28(10-2)21-15-17(3)11-13-19(21)23(25)20-14-12-18(16-22(20)28)26-27(7,8)24(4,5)6;2*1-3-21(4-2)15-9-11(18)5-7-13(15)17(20)14-8-6-12(19)10-16(14)21/h7-10,13-16,21-22H,1-4,11-12,17-20H2,5-6H3;5-12,18-19H,1-4,13-17H2;11-16H,9-10H2,1-8H3;5-10H,3-4,18-19H2,1-2H3;5-10,18-19H,3-4H2,1-2H3. The summed E-state index contributed by atoms with van der Waals surface area (Å²) in [6.45, 7) is 68.5. The molecule has 132 heavy (non-hydrogen) atoms. The van der Waals surface area contributed by atoms with Gasteiger partial charge in [-0.1, -0.05) is 241 Å². The van der Waals surface area contributed by atoms with E-state index >= 15 is 0 Å². The van der Waals surface area contributed by atoms with Crippen LogP contribution in [0.25, 0.3) is 0 Å². The van der Waals surface area contributed by atoms with E-state index in [0.717, 1.165) is 200 Å². The molecule has 14 rings (SSSR count). The molecule has 0 bridgehead atoms. The summed E-state index contributed by atoms with van der Waals surface area (Å²) in [4.78, 5) is 61.4. The Morgan fingerprint density at radius 3 is 0.871 bits per heavy atom. The molecule has 13 nitrogen and oxygen atoms in total. The van der Waals surface area contributed by atoms with E-state index in [1.54, 1.807) is 36.4 Å². The second-order valence-electron chi connectivity index (χ2n) is 36.3. The Labute approximate surface area is 808 Å². The van der Waals surface area contributed by atoms with E-state index in [1.807, 2.05) is 115 Å². The topological polar surface area (TPSA) is 183 Å². The lowest BCUT2D eigenvalue weighted by molar-refractivity contribution is 0.103. The number of aryl methyl sites for hydroxylation is 1. The number of fused-ring (bicyclic) bond motifs is 8. The van der Waals surface area contributed by atoms with Gasteiger partial charge in [0.25, 0.3) is 0 Å². The van der Waals surface area contributed by atoms with Crippen molar-refractivity contribution in [3.8, 4) is 17.2 Å². The Morgan fingerprint density at radius 1 is 0.341 bits per heavy atom. The van der Waals surface area contributed by atoms with Crippen LogP contribution >= 0.6 is 31.9 Å². The number of anilines is 6. The van der Waals surface area contributed by atoms with Crippen molar-refractivity contribution < 1.29 is 33.8 Å². The number of nitrogen functional groups attached to an aromatic ring is 2. The molecule has 6 N–H and O–H groups in total. The number of phenolic OH excluding ortho intramolecular Hbond substituents is 2. The fourth-order valence-electron chi connectivity index (χ4n) is 19.6. The number of halogens is 2. The highest BCUT2D eigenvalue weighted by Crippen LogP contribution is 2.40. The van der Waals surface area contributed by atoms with Gasteiger partial charge in [-0.25, -0.2) is 0 Å². The van der Waals surface area contributed by atoms with Gasteiger partial charge in [-0.2, -0.15) is 0 Å². The third kappa shape index (κ3) is 21.0. The number of carbonyl (C=O) groups is 4. The molecule has 20 heteroatoms. The molecule has 0 radical (unpaired) electrons. The maximum absolute atomic E-state index is 13.6. The summed E-state index contributed by atoms with van der Waals surface area (Å²) in [5.41, 5.74) is 28.4. The van der Waals surface area contributed by atoms with Crippen molar-refractivity contribution >= 4 is 171 Å². The number of carbonyl (C=O) groups excluding carboxylic acids is 4. The van der Waals surface area contributed by atoms with Gasteiger partial charge in [0.15, 0.2) is 23.1 Å². The van der Waals surface area contributed by atoms with Gasteiger partial charge < -0.3 is 45.7 Å². The molecule has 0 saturated carbocycles. The van der Waals surface area contributed by atoms with Crippen LogP contribution in [0, 0.1) is 6.92 Å². The van der Waals surface area contributed by atoms with Crippen molar-refractivity contribution in [2.24, 2.45) is 0 Å². The first-order valence-electron chi connectivity index (χ1n) is 46.4. The normalized spacial score (nSPS) is 13.9. The predicted molar refractivity (Wildman–Crippen MR) is 585 cm³/mol. The summed E-state index contributed by atoms with van der Waals surface area (Å²) < 4.78 is 8.81. The largest absolute Gasteiger partial charge is 0.544 e. The number of nitrogens with zero attached hydrogens (tertiary/aromatic N) is 4. The molecule has 0 fully saturated rings. The van der Waals surface area contributed by atoms with Gasteiger partial charge in [0.2, 0.25) is 8.32 Å². The molecular formula is C112H136Br2N6O7Si5. The third-order valence-electron chi connectivity index (χ3n) is 28.1. The quantitative estimate of drug-likeness (QED) is 0.0178. The summed E-state index contributed by atoms with van der Waals surface area (Å²) in [6.07, 6.45) is 16.1. The van der Waals surface area contributed by atoms with E-state index in [1.165, 1.54) is 47.8 Å². The van der Waals surface area contributed by atoms with Crippen molar-refractivity contribution in [1.82, 2.24) is 0 Å². The van der Waals surface area contributed by atoms with E-state index in [2.05, 4.69) is 279 Å². The highest BCUT2D eigenvalue weighted by molar-refractivity contribution is 9.10. The van der Waals surface area contributed by atoms with E-state index in [4.69, 9.17) is 15.9 Å². The number of hydrogen-bond donors (Lipinski definition) is 4. The minimum Gasteiger partial charge on any atom is -0.544 e. The first-order chi connectivity index (χ1) is 63.1. The first kappa shape index (κ1) is 103. The van der Waals surface area contributed by atoms with E-state index in [-0.39, 0.29) is 39.7 Å². The molecule has 0 spiro atoms. The van der Waals surface area contributed by atoms with Crippen molar-refractivity contribution in [3.05, 3.63) is 353 Å². The fraction of sp³-hybridized carbons (Fsp3) is 0.286. The van der Waals surface area contributed by atoms with Crippen LogP contribution in [0.3, 0.4) is 0 Å². The van der Waals surface area contributed by atoms with Gasteiger partial charge in [-0.05, 0) is 236 Å². The van der Waals surface area contributed by atoms with E-state index in [0.29, 0.717) is 11.1 Å².